The summed E-state index contributed by atoms with van der Waals surface area (Å²) in [7, 11) is 1.39. The van der Waals surface area contributed by atoms with Crippen LogP contribution in [0.3, 0.4) is 0 Å². The maximum atomic E-state index is 12.6. The molecule has 3 aromatic carbocycles. The first-order valence-electron chi connectivity index (χ1n) is 9.48. The van der Waals surface area contributed by atoms with Crippen LogP contribution in [0.4, 0.5) is 5.69 Å². The molecule has 3 rings (SSSR count). The number of esters is 1. The summed E-state index contributed by atoms with van der Waals surface area (Å²) in [6, 6.07) is 17.5. The maximum absolute atomic E-state index is 12.6. The molecule has 8 nitrogen and oxygen atoms in total. The molecule has 1 unspecified atom stereocenters. The summed E-state index contributed by atoms with van der Waals surface area (Å²) in [5.41, 5.74) is 5.85. The molecule has 0 heterocycles. The van der Waals surface area contributed by atoms with E-state index in [9.17, 15) is 14.4 Å². The van der Waals surface area contributed by atoms with E-state index in [1.54, 1.807) is 6.07 Å². The van der Waals surface area contributed by atoms with E-state index in [2.05, 4.69) is 5.32 Å². The molecule has 3 N–H and O–H groups in total. The monoisotopic (exact) mass is 422 g/mol. The lowest BCUT2D eigenvalue weighted by molar-refractivity contribution is -0.123. The number of carbonyl (C=O) groups is 3. The SMILES string of the molecule is COc1cc(C(=O)OC(C)C(=O)Nc2cccc3ccccc23)ccc1OCC(N)=O. The van der Waals surface area contributed by atoms with E-state index >= 15 is 0 Å². The van der Waals surface area contributed by atoms with Gasteiger partial charge in [0.1, 0.15) is 0 Å². The van der Waals surface area contributed by atoms with Gasteiger partial charge in [-0.25, -0.2) is 4.79 Å². The number of nitrogens with one attached hydrogen (secondary N) is 1. The topological polar surface area (TPSA) is 117 Å². The minimum atomic E-state index is -1.04. The van der Waals surface area contributed by atoms with Crippen LogP contribution < -0.4 is 20.5 Å². The molecule has 0 aromatic heterocycles. The number of benzene rings is 3. The number of rotatable bonds is 8. The van der Waals surface area contributed by atoms with Gasteiger partial charge in [0.2, 0.25) is 0 Å². The van der Waals surface area contributed by atoms with Gasteiger partial charge in [0.05, 0.1) is 12.7 Å². The van der Waals surface area contributed by atoms with Gasteiger partial charge in [-0.1, -0.05) is 36.4 Å². The highest BCUT2D eigenvalue weighted by Gasteiger charge is 2.21. The zero-order chi connectivity index (χ0) is 22.4. The van der Waals surface area contributed by atoms with Crippen molar-refractivity contribution in [2.75, 3.05) is 19.0 Å². The first-order chi connectivity index (χ1) is 14.9. The molecule has 0 bridgehead atoms. The van der Waals surface area contributed by atoms with Gasteiger partial charge in [0.25, 0.3) is 11.8 Å². The number of nitrogens with two attached hydrogens (primary N) is 1. The van der Waals surface area contributed by atoms with Crippen molar-refractivity contribution in [1.82, 2.24) is 0 Å². The third kappa shape index (κ3) is 5.30. The standard InChI is InChI=1S/C23H22N2O6/c1-14(22(27)25-18-9-5-7-15-6-3-4-8-17(15)18)31-23(28)16-10-11-19(20(12-16)29-2)30-13-21(24)26/h3-12,14H,13H2,1-2H3,(H2,24,26)(H,25,27). The van der Waals surface area contributed by atoms with E-state index in [4.69, 9.17) is 19.9 Å². The molecule has 0 radical (unpaired) electrons. The van der Waals surface area contributed by atoms with E-state index < -0.39 is 23.9 Å². The number of methoxy groups -OCH3 is 1. The molecule has 2 amide bonds. The fraction of sp³-hybridized carbons (Fsp3) is 0.174. The molecular weight excluding hydrogens is 400 g/mol. The Bertz CT molecular complexity index is 1120. The number of fused-ring (bicyclic) bond motifs is 1. The Morgan fingerprint density at radius 3 is 2.48 bits per heavy atom. The Hall–Kier alpha value is -4.07. The lowest BCUT2D eigenvalue weighted by Crippen LogP contribution is -2.30. The highest BCUT2D eigenvalue weighted by Crippen LogP contribution is 2.28. The first kappa shape index (κ1) is 21.6. The lowest BCUT2D eigenvalue weighted by Gasteiger charge is -2.15. The van der Waals surface area contributed by atoms with E-state index in [-0.39, 0.29) is 23.7 Å². The molecule has 0 spiro atoms. The van der Waals surface area contributed by atoms with Gasteiger partial charge in [-0.3, -0.25) is 9.59 Å². The summed E-state index contributed by atoms with van der Waals surface area (Å²) in [6.45, 7) is 1.16. The quantitative estimate of drug-likeness (QED) is 0.539. The largest absolute Gasteiger partial charge is 0.493 e. The molecular formula is C23H22N2O6. The van der Waals surface area contributed by atoms with Gasteiger partial charge in [0.15, 0.2) is 24.2 Å². The van der Waals surface area contributed by atoms with E-state index in [0.29, 0.717) is 5.69 Å². The fourth-order valence-electron chi connectivity index (χ4n) is 2.91. The van der Waals surface area contributed by atoms with Crippen LogP contribution in [0.1, 0.15) is 17.3 Å². The van der Waals surface area contributed by atoms with E-state index in [1.165, 1.54) is 32.2 Å². The molecule has 1 atom stereocenters. The lowest BCUT2D eigenvalue weighted by atomic mass is 10.1. The fourth-order valence-corrected chi connectivity index (χ4v) is 2.91. The van der Waals surface area contributed by atoms with E-state index in [0.717, 1.165) is 10.8 Å². The third-order valence-corrected chi connectivity index (χ3v) is 4.47. The van der Waals surface area contributed by atoms with Crippen LogP contribution in [0.15, 0.2) is 60.7 Å². The van der Waals surface area contributed by atoms with Crippen LogP contribution in [0.2, 0.25) is 0 Å². The second kappa shape index (κ2) is 9.62. The summed E-state index contributed by atoms with van der Waals surface area (Å²) < 4.78 is 15.7. The Kier molecular flexibility index (Phi) is 6.71. The number of anilines is 1. The van der Waals surface area contributed by atoms with Crippen molar-refractivity contribution in [3.63, 3.8) is 0 Å². The number of amides is 2. The summed E-state index contributed by atoms with van der Waals surface area (Å²) in [5.74, 6) is -1.34. The molecule has 0 aliphatic heterocycles. The molecule has 31 heavy (non-hydrogen) atoms. The Labute approximate surface area is 178 Å². The third-order valence-electron chi connectivity index (χ3n) is 4.47. The average Bonchev–Trinajstić information content (AvgIpc) is 2.77. The Morgan fingerprint density at radius 1 is 1.00 bits per heavy atom. The van der Waals surface area contributed by atoms with Crippen molar-refractivity contribution in [2.45, 2.75) is 13.0 Å². The second-order valence-corrected chi connectivity index (χ2v) is 6.68. The van der Waals surface area contributed by atoms with Crippen LogP contribution in [-0.4, -0.2) is 37.6 Å². The van der Waals surface area contributed by atoms with Crippen LogP contribution in [0, 0.1) is 0 Å². The zero-order valence-electron chi connectivity index (χ0n) is 17.1. The van der Waals surface area contributed by atoms with Gasteiger partial charge < -0.3 is 25.3 Å². The average molecular weight is 422 g/mol. The summed E-state index contributed by atoms with van der Waals surface area (Å²) >= 11 is 0. The van der Waals surface area contributed by atoms with Crippen molar-refractivity contribution >= 4 is 34.2 Å². The van der Waals surface area contributed by atoms with Gasteiger partial charge in [-0.2, -0.15) is 0 Å². The predicted molar refractivity (Wildman–Crippen MR) is 115 cm³/mol. The van der Waals surface area contributed by atoms with Crippen molar-refractivity contribution in [2.24, 2.45) is 5.73 Å². The zero-order valence-corrected chi connectivity index (χ0v) is 17.1. The molecule has 0 saturated carbocycles. The summed E-state index contributed by atoms with van der Waals surface area (Å²) in [4.78, 5) is 35.9. The normalized spacial score (nSPS) is 11.4. The molecule has 3 aromatic rings. The van der Waals surface area contributed by atoms with E-state index in [1.807, 2.05) is 36.4 Å². The van der Waals surface area contributed by atoms with Crippen molar-refractivity contribution < 1.29 is 28.6 Å². The molecule has 0 aliphatic rings. The first-order valence-corrected chi connectivity index (χ1v) is 9.48. The smallest absolute Gasteiger partial charge is 0.339 e. The van der Waals surface area contributed by atoms with Gasteiger partial charge >= 0.3 is 5.97 Å². The van der Waals surface area contributed by atoms with Crippen molar-refractivity contribution in [1.29, 1.82) is 0 Å². The number of carbonyl (C=O) groups excluding carboxylic acids is 3. The van der Waals surface area contributed by atoms with Crippen molar-refractivity contribution in [3.8, 4) is 11.5 Å². The predicted octanol–water partition coefficient (Wildman–Crippen LogP) is 2.90. The van der Waals surface area contributed by atoms with Crippen LogP contribution in [-0.2, 0) is 14.3 Å². The summed E-state index contributed by atoms with van der Waals surface area (Å²) in [5, 5.41) is 4.66. The highest BCUT2D eigenvalue weighted by atomic mass is 16.5. The van der Waals surface area contributed by atoms with Crippen LogP contribution in [0.5, 0.6) is 11.5 Å². The minimum absolute atomic E-state index is 0.160. The number of hydrogen-bond donors (Lipinski definition) is 2. The summed E-state index contributed by atoms with van der Waals surface area (Å²) in [6.07, 6.45) is -1.04. The number of ether oxygens (including phenoxy) is 3. The Balaban J connectivity index is 1.68. The molecule has 8 heteroatoms. The van der Waals surface area contributed by atoms with Gasteiger partial charge in [-0.05, 0) is 36.6 Å². The number of hydrogen-bond acceptors (Lipinski definition) is 6. The van der Waals surface area contributed by atoms with Crippen LogP contribution >= 0.6 is 0 Å². The van der Waals surface area contributed by atoms with Gasteiger partial charge in [0, 0.05) is 11.1 Å². The number of primary amides is 1. The Morgan fingerprint density at radius 2 is 1.74 bits per heavy atom. The van der Waals surface area contributed by atoms with Gasteiger partial charge in [-0.15, -0.1) is 0 Å². The van der Waals surface area contributed by atoms with Crippen molar-refractivity contribution in [3.05, 3.63) is 66.2 Å². The molecule has 0 aliphatic carbocycles. The minimum Gasteiger partial charge on any atom is -0.493 e. The highest BCUT2D eigenvalue weighted by molar-refractivity contribution is 6.04. The molecule has 160 valence electrons. The second-order valence-electron chi connectivity index (χ2n) is 6.68. The maximum Gasteiger partial charge on any atom is 0.339 e. The van der Waals surface area contributed by atoms with Crippen LogP contribution in [0.25, 0.3) is 10.8 Å². The molecule has 0 saturated heterocycles. The molecule has 0 fully saturated rings.